The Bertz CT molecular complexity index is 403. The van der Waals surface area contributed by atoms with E-state index in [-0.39, 0.29) is 6.10 Å². The minimum absolute atomic E-state index is 0.176. The van der Waals surface area contributed by atoms with Gasteiger partial charge in [-0.3, -0.25) is 0 Å². The van der Waals surface area contributed by atoms with Gasteiger partial charge in [-0.25, -0.2) is 4.98 Å². The monoisotopic (exact) mass is 264 g/mol. The summed E-state index contributed by atoms with van der Waals surface area (Å²) in [7, 11) is 0. The van der Waals surface area contributed by atoms with Gasteiger partial charge >= 0.3 is 0 Å². The first-order valence-corrected chi connectivity index (χ1v) is 7.15. The molecule has 1 saturated heterocycles. The molecule has 1 aliphatic heterocycles. The van der Waals surface area contributed by atoms with Gasteiger partial charge in [0.25, 0.3) is 0 Å². The van der Waals surface area contributed by atoms with Gasteiger partial charge in [0.2, 0.25) is 5.88 Å². The van der Waals surface area contributed by atoms with Crippen molar-refractivity contribution in [2.45, 2.75) is 52.3 Å². The van der Waals surface area contributed by atoms with Gasteiger partial charge in [-0.1, -0.05) is 27.2 Å². The summed E-state index contributed by atoms with van der Waals surface area (Å²) in [5.74, 6) is 0.736. The molecule has 0 aromatic carbocycles. The molecule has 1 N–H and O–H groups in total. The fourth-order valence-electron chi connectivity index (χ4n) is 1.94. The van der Waals surface area contributed by atoms with Crippen LogP contribution in [0, 0.1) is 0 Å². The maximum atomic E-state index is 5.82. The van der Waals surface area contributed by atoms with Gasteiger partial charge in [0.1, 0.15) is 6.10 Å². The summed E-state index contributed by atoms with van der Waals surface area (Å²) >= 11 is 0. The number of aromatic nitrogens is 1. The summed E-state index contributed by atoms with van der Waals surface area (Å²) in [6.07, 6.45) is 2.27. The van der Waals surface area contributed by atoms with E-state index in [2.05, 4.69) is 37.1 Å². The highest BCUT2D eigenvalue weighted by Gasteiger charge is 2.21. The van der Waals surface area contributed by atoms with Crippen LogP contribution in [0.5, 0.6) is 5.88 Å². The summed E-state index contributed by atoms with van der Waals surface area (Å²) in [6, 6.07) is 4.68. The maximum absolute atomic E-state index is 5.82. The second kappa shape index (κ2) is 6.87. The molecule has 0 radical (unpaired) electrons. The first-order valence-electron chi connectivity index (χ1n) is 7.15. The Labute approximate surface area is 115 Å². The molecule has 0 unspecified atom stereocenters. The van der Waals surface area contributed by atoms with Crippen LogP contribution in [0.25, 0.3) is 0 Å². The lowest BCUT2D eigenvalue weighted by molar-refractivity contribution is -0.0814. The van der Waals surface area contributed by atoms with Gasteiger partial charge < -0.3 is 14.8 Å². The van der Waals surface area contributed by atoms with Crippen LogP contribution in [-0.2, 0) is 17.7 Å². The molecule has 0 amide bonds. The van der Waals surface area contributed by atoms with Gasteiger partial charge in [-0.2, -0.15) is 0 Å². The molecule has 106 valence electrons. The van der Waals surface area contributed by atoms with Crippen LogP contribution < -0.4 is 10.1 Å². The first kappa shape index (κ1) is 14.3. The van der Waals surface area contributed by atoms with E-state index < -0.39 is 0 Å². The van der Waals surface area contributed by atoms with Crippen molar-refractivity contribution in [1.82, 2.24) is 10.3 Å². The molecule has 1 aliphatic rings. The molecule has 1 aromatic rings. The van der Waals surface area contributed by atoms with Crippen LogP contribution in [-0.4, -0.2) is 30.3 Å². The highest BCUT2D eigenvalue weighted by atomic mass is 16.6. The highest BCUT2D eigenvalue weighted by molar-refractivity contribution is 5.25. The second-order valence-corrected chi connectivity index (χ2v) is 5.37. The molecule has 2 rings (SSSR count). The molecule has 4 heteroatoms. The Morgan fingerprint density at radius 2 is 2.21 bits per heavy atom. The summed E-state index contributed by atoms with van der Waals surface area (Å²) in [5, 5.41) is 3.43. The van der Waals surface area contributed by atoms with E-state index in [1.807, 2.05) is 6.07 Å². The lowest BCUT2D eigenvalue weighted by Crippen LogP contribution is -2.38. The molecule has 2 heterocycles. The molecule has 0 bridgehead atoms. The zero-order valence-corrected chi connectivity index (χ0v) is 12.1. The van der Waals surface area contributed by atoms with E-state index in [1.165, 1.54) is 5.56 Å². The predicted octanol–water partition coefficient (Wildman–Crippen LogP) is 2.31. The number of aryl methyl sites for hydroxylation is 1. The van der Waals surface area contributed by atoms with Crippen molar-refractivity contribution in [2.75, 3.05) is 13.2 Å². The molecule has 0 saturated carbocycles. The van der Waals surface area contributed by atoms with Crippen molar-refractivity contribution in [3.8, 4) is 5.88 Å². The van der Waals surface area contributed by atoms with E-state index in [1.54, 1.807) is 0 Å². The molecule has 1 aromatic heterocycles. The fraction of sp³-hybridized carbons (Fsp3) is 0.667. The maximum Gasteiger partial charge on any atom is 0.214 e. The SMILES string of the molecule is CCCc1cc(CNC(C)C)cc(OC2COC2)n1. The average molecular weight is 264 g/mol. The van der Waals surface area contributed by atoms with Gasteiger partial charge in [0.05, 0.1) is 13.2 Å². The van der Waals surface area contributed by atoms with Gasteiger partial charge in [-0.15, -0.1) is 0 Å². The van der Waals surface area contributed by atoms with Crippen molar-refractivity contribution in [2.24, 2.45) is 0 Å². The molecule has 1 fully saturated rings. The molecule has 0 atom stereocenters. The number of pyridine rings is 1. The van der Waals surface area contributed by atoms with Gasteiger partial charge in [0.15, 0.2) is 0 Å². The van der Waals surface area contributed by atoms with Crippen molar-refractivity contribution in [3.05, 3.63) is 23.4 Å². The number of nitrogens with zero attached hydrogens (tertiary/aromatic N) is 1. The second-order valence-electron chi connectivity index (χ2n) is 5.37. The third kappa shape index (κ3) is 4.48. The smallest absolute Gasteiger partial charge is 0.214 e. The molecular formula is C15H24N2O2. The molecule has 19 heavy (non-hydrogen) atoms. The number of nitrogens with one attached hydrogen (secondary N) is 1. The Morgan fingerprint density at radius 3 is 2.79 bits per heavy atom. The standard InChI is InChI=1S/C15H24N2O2/c1-4-5-13-6-12(8-16-11(2)3)7-15(17-13)19-14-9-18-10-14/h6-7,11,14,16H,4-5,8-10H2,1-3H3. The fourth-order valence-corrected chi connectivity index (χ4v) is 1.94. The summed E-state index contributed by atoms with van der Waals surface area (Å²) in [5.41, 5.74) is 2.35. The van der Waals surface area contributed by atoms with Crippen molar-refractivity contribution < 1.29 is 9.47 Å². The van der Waals surface area contributed by atoms with Gasteiger partial charge in [0, 0.05) is 24.3 Å². The van der Waals surface area contributed by atoms with Crippen LogP contribution >= 0.6 is 0 Å². The number of hydrogen-bond donors (Lipinski definition) is 1. The average Bonchev–Trinajstić information content (AvgIpc) is 2.32. The van der Waals surface area contributed by atoms with Crippen molar-refractivity contribution in [3.63, 3.8) is 0 Å². The van der Waals surface area contributed by atoms with Gasteiger partial charge in [-0.05, 0) is 18.1 Å². The van der Waals surface area contributed by atoms with E-state index in [0.29, 0.717) is 19.3 Å². The van der Waals surface area contributed by atoms with Crippen LogP contribution in [0.2, 0.25) is 0 Å². The molecule has 4 nitrogen and oxygen atoms in total. The summed E-state index contributed by atoms with van der Waals surface area (Å²) in [6.45, 7) is 8.68. The van der Waals surface area contributed by atoms with Crippen molar-refractivity contribution in [1.29, 1.82) is 0 Å². The van der Waals surface area contributed by atoms with Crippen LogP contribution in [0.4, 0.5) is 0 Å². The number of ether oxygens (including phenoxy) is 2. The number of hydrogen-bond acceptors (Lipinski definition) is 4. The predicted molar refractivity (Wildman–Crippen MR) is 75.4 cm³/mol. The van der Waals surface area contributed by atoms with E-state index >= 15 is 0 Å². The quantitative estimate of drug-likeness (QED) is 0.820. The Morgan fingerprint density at radius 1 is 1.42 bits per heavy atom. The lowest BCUT2D eigenvalue weighted by Gasteiger charge is -2.26. The molecule has 0 spiro atoms. The van der Waals surface area contributed by atoms with Crippen LogP contribution in [0.1, 0.15) is 38.4 Å². The van der Waals surface area contributed by atoms with E-state index in [0.717, 1.165) is 31.0 Å². The molecule has 0 aliphatic carbocycles. The minimum atomic E-state index is 0.176. The van der Waals surface area contributed by atoms with Crippen molar-refractivity contribution >= 4 is 0 Å². The largest absolute Gasteiger partial charge is 0.469 e. The Balaban J connectivity index is 2.06. The highest BCUT2D eigenvalue weighted by Crippen LogP contribution is 2.18. The zero-order chi connectivity index (χ0) is 13.7. The third-order valence-electron chi connectivity index (χ3n) is 3.03. The zero-order valence-electron chi connectivity index (χ0n) is 12.1. The Kier molecular flexibility index (Phi) is 5.16. The topological polar surface area (TPSA) is 43.4 Å². The molecular weight excluding hydrogens is 240 g/mol. The van der Waals surface area contributed by atoms with Crippen LogP contribution in [0.3, 0.4) is 0 Å². The summed E-state index contributed by atoms with van der Waals surface area (Å²) in [4.78, 5) is 4.57. The first-order chi connectivity index (χ1) is 9.17. The Hall–Kier alpha value is -1.13. The van der Waals surface area contributed by atoms with Crippen LogP contribution in [0.15, 0.2) is 12.1 Å². The third-order valence-corrected chi connectivity index (χ3v) is 3.03. The van der Waals surface area contributed by atoms with E-state index in [9.17, 15) is 0 Å². The number of rotatable bonds is 7. The normalized spacial score (nSPS) is 15.6. The summed E-state index contributed by atoms with van der Waals surface area (Å²) < 4.78 is 10.9. The van der Waals surface area contributed by atoms with E-state index in [4.69, 9.17) is 9.47 Å². The lowest BCUT2D eigenvalue weighted by atomic mass is 10.1. The minimum Gasteiger partial charge on any atom is -0.469 e.